The molecule has 2 aliphatic rings. The first kappa shape index (κ1) is 9.97. The Bertz CT molecular complexity index is 249. The summed E-state index contributed by atoms with van der Waals surface area (Å²) in [4.78, 5) is 11.0. The maximum Gasteiger partial charge on any atom is 0.303 e. The third-order valence-corrected chi connectivity index (χ3v) is 3.63. The molecule has 4 atom stereocenters. The quantitative estimate of drug-likeness (QED) is 0.604. The number of rotatable bonds is 1. The molecule has 80 valence electrons. The van der Waals surface area contributed by atoms with Gasteiger partial charge >= 0.3 is 5.97 Å². The zero-order valence-electron chi connectivity index (χ0n) is 9.08. The van der Waals surface area contributed by atoms with Crippen molar-refractivity contribution in [1.82, 2.24) is 0 Å². The molecular formula is C11H18O3. The Labute approximate surface area is 84.8 Å². The van der Waals surface area contributed by atoms with Crippen molar-refractivity contribution in [2.75, 3.05) is 0 Å². The van der Waals surface area contributed by atoms with E-state index in [0.29, 0.717) is 12.0 Å². The average Bonchev–Trinajstić information content (AvgIpc) is 2.38. The largest absolute Gasteiger partial charge is 0.457 e. The molecule has 14 heavy (non-hydrogen) atoms. The third kappa shape index (κ3) is 1.54. The number of ether oxygens (including phenoxy) is 2. The van der Waals surface area contributed by atoms with Gasteiger partial charge in [-0.1, -0.05) is 0 Å². The summed E-state index contributed by atoms with van der Waals surface area (Å²) >= 11 is 0. The Balaban J connectivity index is 2.10. The predicted octanol–water partition coefficient (Wildman–Crippen LogP) is 1.90. The number of fused-ring (bicyclic) bond motifs is 2. The molecule has 1 heterocycles. The van der Waals surface area contributed by atoms with E-state index in [2.05, 4.69) is 6.92 Å². The Morgan fingerprint density at radius 3 is 2.93 bits per heavy atom. The molecule has 0 radical (unpaired) electrons. The maximum atomic E-state index is 11.0. The van der Waals surface area contributed by atoms with Gasteiger partial charge in [0.05, 0.1) is 12.2 Å². The SMILES string of the molecule is CC(=O)OC1(C)CCC2CC1OC2C. The van der Waals surface area contributed by atoms with Gasteiger partial charge in [-0.05, 0) is 39.0 Å². The van der Waals surface area contributed by atoms with E-state index in [1.165, 1.54) is 6.92 Å². The molecule has 0 N–H and O–H groups in total. The van der Waals surface area contributed by atoms with Crippen molar-refractivity contribution in [2.45, 2.75) is 57.8 Å². The van der Waals surface area contributed by atoms with Gasteiger partial charge in [0.15, 0.2) is 0 Å². The van der Waals surface area contributed by atoms with E-state index in [9.17, 15) is 4.79 Å². The van der Waals surface area contributed by atoms with Crippen molar-refractivity contribution in [2.24, 2.45) is 5.92 Å². The molecule has 1 aliphatic carbocycles. The summed E-state index contributed by atoms with van der Waals surface area (Å²) in [6.45, 7) is 5.58. The normalized spacial score (nSPS) is 46.4. The summed E-state index contributed by atoms with van der Waals surface area (Å²) in [6.07, 6.45) is 3.54. The highest BCUT2D eigenvalue weighted by Gasteiger charge is 2.50. The van der Waals surface area contributed by atoms with E-state index in [1.54, 1.807) is 0 Å². The summed E-state index contributed by atoms with van der Waals surface area (Å²) in [7, 11) is 0. The lowest BCUT2D eigenvalue weighted by Crippen LogP contribution is -2.45. The first-order valence-electron chi connectivity index (χ1n) is 5.36. The molecule has 1 saturated carbocycles. The van der Waals surface area contributed by atoms with Crippen molar-refractivity contribution in [3.05, 3.63) is 0 Å². The monoisotopic (exact) mass is 198 g/mol. The van der Waals surface area contributed by atoms with E-state index in [4.69, 9.17) is 9.47 Å². The number of hydrogen-bond acceptors (Lipinski definition) is 3. The van der Waals surface area contributed by atoms with Gasteiger partial charge in [0.1, 0.15) is 5.60 Å². The zero-order chi connectivity index (χ0) is 10.3. The van der Waals surface area contributed by atoms with Crippen LogP contribution in [0.15, 0.2) is 0 Å². The second-order valence-corrected chi connectivity index (χ2v) is 4.77. The smallest absolute Gasteiger partial charge is 0.303 e. The zero-order valence-corrected chi connectivity index (χ0v) is 9.08. The second kappa shape index (κ2) is 3.23. The Kier molecular flexibility index (Phi) is 2.30. The molecule has 0 aromatic rings. The molecule has 2 rings (SSSR count). The molecule has 2 bridgehead atoms. The van der Waals surface area contributed by atoms with Crippen LogP contribution in [0.2, 0.25) is 0 Å². The van der Waals surface area contributed by atoms with Crippen molar-refractivity contribution in [3.8, 4) is 0 Å². The van der Waals surface area contributed by atoms with Crippen molar-refractivity contribution in [3.63, 3.8) is 0 Å². The lowest BCUT2D eigenvalue weighted by Gasteiger charge is -2.36. The molecular weight excluding hydrogens is 180 g/mol. The van der Waals surface area contributed by atoms with Crippen LogP contribution in [0.3, 0.4) is 0 Å². The predicted molar refractivity (Wildman–Crippen MR) is 51.8 cm³/mol. The lowest BCUT2D eigenvalue weighted by molar-refractivity contribution is -0.172. The van der Waals surface area contributed by atoms with Crippen molar-refractivity contribution >= 4 is 5.97 Å². The molecule has 0 amide bonds. The van der Waals surface area contributed by atoms with Crippen LogP contribution in [-0.2, 0) is 14.3 Å². The van der Waals surface area contributed by atoms with E-state index in [0.717, 1.165) is 19.3 Å². The molecule has 3 nitrogen and oxygen atoms in total. The van der Waals surface area contributed by atoms with Crippen LogP contribution in [0.1, 0.15) is 40.0 Å². The van der Waals surface area contributed by atoms with Gasteiger partial charge in [0.25, 0.3) is 0 Å². The van der Waals surface area contributed by atoms with Gasteiger partial charge in [0, 0.05) is 6.92 Å². The summed E-state index contributed by atoms with van der Waals surface area (Å²) in [6, 6.07) is 0. The molecule has 0 spiro atoms. The van der Waals surface area contributed by atoms with E-state index < -0.39 is 0 Å². The topological polar surface area (TPSA) is 35.5 Å². The van der Waals surface area contributed by atoms with Crippen LogP contribution in [0.4, 0.5) is 0 Å². The van der Waals surface area contributed by atoms with Gasteiger partial charge in [0.2, 0.25) is 0 Å². The minimum atomic E-state index is -0.382. The van der Waals surface area contributed by atoms with Crippen LogP contribution >= 0.6 is 0 Å². The number of carbonyl (C=O) groups is 1. The minimum Gasteiger partial charge on any atom is -0.457 e. The Morgan fingerprint density at radius 1 is 1.57 bits per heavy atom. The summed E-state index contributed by atoms with van der Waals surface area (Å²) < 4.78 is 11.2. The highest BCUT2D eigenvalue weighted by Crippen LogP contribution is 2.44. The van der Waals surface area contributed by atoms with E-state index in [-0.39, 0.29) is 17.7 Å². The van der Waals surface area contributed by atoms with Gasteiger partial charge in [-0.15, -0.1) is 0 Å². The molecule has 3 heteroatoms. The first-order valence-corrected chi connectivity index (χ1v) is 5.36. The number of hydrogen-bond donors (Lipinski definition) is 0. The fourth-order valence-corrected chi connectivity index (χ4v) is 2.72. The Hall–Kier alpha value is -0.570. The fourth-order valence-electron chi connectivity index (χ4n) is 2.72. The first-order chi connectivity index (χ1) is 6.51. The third-order valence-electron chi connectivity index (χ3n) is 3.63. The summed E-state index contributed by atoms with van der Waals surface area (Å²) in [5.41, 5.74) is -0.382. The standard InChI is InChI=1S/C11H18O3/c1-7-9-4-5-11(3,14-8(2)12)10(6-9)13-7/h7,9-10H,4-6H2,1-3H3. The van der Waals surface area contributed by atoms with Crippen LogP contribution < -0.4 is 0 Å². The molecule has 0 aromatic heterocycles. The molecule has 1 saturated heterocycles. The van der Waals surface area contributed by atoms with Gasteiger partial charge in [-0.2, -0.15) is 0 Å². The van der Waals surface area contributed by atoms with Crippen molar-refractivity contribution in [1.29, 1.82) is 0 Å². The molecule has 4 unspecified atom stereocenters. The van der Waals surface area contributed by atoms with Crippen LogP contribution in [-0.4, -0.2) is 23.8 Å². The van der Waals surface area contributed by atoms with Crippen LogP contribution in [0, 0.1) is 5.92 Å². The Morgan fingerprint density at radius 2 is 2.29 bits per heavy atom. The fraction of sp³-hybridized carbons (Fsp3) is 0.909. The summed E-state index contributed by atoms with van der Waals surface area (Å²) in [5.74, 6) is 0.470. The second-order valence-electron chi connectivity index (χ2n) is 4.77. The number of esters is 1. The van der Waals surface area contributed by atoms with Gasteiger partial charge in [-0.25, -0.2) is 0 Å². The molecule has 0 aromatic carbocycles. The van der Waals surface area contributed by atoms with Gasteiger partial charge < -0.3 is 9.47 Å². The van der Waals surface area contributed by atoms with Gasteiger partial charge in [-0.3, -0.25) is 4.79 Å². The highest BCUT2D eigenvalue weighted by atomic mass is 16.6. The number of carbonyl (C=O) groups excluding carboxylic acids is 1. The lowest BCUT2D eigenvalue weighted by atomic mass is 9.78. The summed E-state index contributed by atoms with van der Waals surface area (Å²) in [5, 5.41) is 0. The maximum absolute atomic E-state index is 11.0. The molecule has 2 fully saturated rings. The van der Waals surface area contributed by atoms with E-state index >= 15 is 0 Å². The van der Waals surface area contributed by atoms with Crippen molar-refractivity contribution < 1.29 is 14.3 Å². The average molecular weight is 198 g/mol. The minimum absolute atomic E-state index is 0.111. The van der Waals surface area contributed by atoms with E-state index in [1.807, 2.05) is 6.92 Å². The molecule has 1 aliphatic heterocycles. The van der Waals surface area contributed by atoms with Crippen LogP contribution in [0.25, 0.3) is 0 Å². The van der Waals surface area contributed by atoms with Crippen LogP contribution in [0.5, 0.6) is 0 Å². The highest BCUT2D eigenvalue weighted by molar-refractivity contribution is 5.66.